The average Bonchev–Trinajstić information content (AvgIpc) is 2.98. The third-order valence-corrected chi connectivity index (χ3v) is 5.84. The SMILES string of the molecule is O=C(NC(CC1(O)CCC1)C(F)F)OCC1c2ccccc2-c2ccccc21. The summed E-state index contributed by atoms with van der Waals surface area (Å²) < 4.78 is 31.9. The van der Waals surface area contributed by atoms with Crippen molar-refractivity contribution in [1.82, 2.24) is 5.32 Å². The molecule has 148 valence electrons. The van der Waals surface area contributed by atoms with Gasteiger partial charge in [-0.2, -0.15) is 0 Å². The predicted molar refractivity (Wildman–Crippen MR) is 101 cm³/mol. The zero-order valence-electron chi connectivity index (χ0n) is 15.4. The first-order chi connectivity index (χ1) is 13.5. The third kappa shape index (κ3) is 3.61. The maximum atomic E-state index is 13.3. The van der Waals surface area contributed by atoms with E-state index in [1.807, 2.05) is 48.5 Å². The molecule has 0 bridgehead atoms. The number of nitrogens with one attached hydrogen (secondary N) is 1. The van der Waals surface area contributed by atoms with Crippen LogP contribution in [0.15, 0.2) is 48.5 Å². The Morgan fingerprint density at radius 3 is 2.18 bits per heavy atom. The number of aliphatic hydroxyl groups is 1. The second kappa shape index (κ2) is 7.51. The Balaban J connectivity index is 1.42. The fraction of sp³-hybridized carbons (Fsp3) is 0.409. The van der Waals surface area contributed by atoms with Gasteiger partial charge in [0.2, 0.25) is 0 Å². The molecule has 0 aromatic heterocycles. The lowest BCUT2D eigenvalue weighted by Crippen LogP contribution is -2.49. The lowest BCUT2D eigenvalue weighted by atomic mass is 9.76. The van der Waals surface area contributed by atoms with Crippen LogP contribution in [0.4, 0.5) is 13.6 Å². The van der Waals surface area contributed by atoms with Crippen LogP contribution in [0.1, 0.15) is 42.7 Å². The highest BCUT2D eigenvalue weighted by Crippen LogP contribution is 2.44. The first kappa shape index (κ1) is 18.9. The van der Waals surface area contributed by atoms with Gasteiger partial charge in [-0.1, -0.05) is 48.5 Å². The second-order valence-electron chi connectivity index (χ2n) is 7.69. The van der Waals surface area contributed by atoms with E-state index in [1.54, 1.807) is 0 Å². The molecule has 4 nitrogen and oxygen atoms in total. The van der Waals surface area contributed by atoms with Gasteiger partial charge < -0.3 is 15.2 Å². The molecule has 2 aliphatic carbocycles. The van der Waals surface area contributed by atoms with Crippen LogP contribution in [0.3, 0.4) is 0 Å². The zero-order valence-corrected chi connectivity index (χ0v) is 15.4. The summed E-state index contributed by atoms with van der Waals surface area (Å²) in [5.41, 5.74) is 3.23. The van der Waals surface area contributed by atoms with E-state index in [4.69, 9.17) is 4.74 Å². The van der Waals surface area contributed by atoms with E-state index in [0.717, 1.165) is 28.7 Å². The molecule has 2 aromatic rings. The normalized spacial score (nSPS) is 18.1. The molecule has 0 heterocycles. The Kier molecular flexibility index (Phi) is 5.06. The van der Waals surface area contributed by atoms with Crippen molar-refractivity contribution in [2.75, 3.05) is 6.61 Å². The number of benzene rings is 2. The molecule has 0 radical (unpaired) electrons. The van der Waals surface area contributed by atoms with E-state index in [0.29, 0.717) is 12.8 Å². The van der Waals surface area contributed by atoms with Crippen LogP contribution >= 0.6 is 0 Å². The number of halogens is 2. The Labute approximate surface area is 162 Å². The minimum Gasteiger partial charge on any atom is -0.449 e. The number of hydrogen-bond acceptors (Lipinski definition) is 3. The molecule has 2 aliphatic rings. The number of alkyl halides is 2. The van der Waals surface area contributed by atoms with Gasteiger partial charge >= 0.3 is 6.09 Å². The lowest BCUT2D eigenvalue weighted by Gasteiger charge is -2.39. The number of amides is 1. The smallest absolute Gasteiger partial charge is 0.407 e. The molecule has 1 fully saturated rings. The van der Waals surface area contributed by atoms with Crippen molar-refractivity contribution < 1.29 is 23.4 Å². The summed E-state index contributed by atoms with van der Waals surface area (Å²) in [5, 5.41) is 12.4. The highest BCUT2D eigenvalue weighted by atomic mass is 19.3. The molecule has 1 atom stereocenters. The number of carbonyl (C=O) groups is 1. The third-order valence-electron chi connectivity index (χ3n) is 5.84. The largest absolute Gasteiger partial charge is 0.449 e. The molecule has 1 saturated carbocycles. The van der Waals surface area contributed by atoms with E-state index >= 15 is 0 Å². The van der Waals surface area contributed by atoms with Crippen LogP contribution in [0.2, 0.25) is 0 Å². The highest BCUT2D eigenvalue weighted by molar-refractivity contribution is 5.79. The number of ether oxygens (including phenoxy) is 1. The van der Waals surface area contributed by atoms with Gasteiger partial charge in [-0.05, 0) is 41.5 Å². The predicted octanol–water partition coefficient (Wildman–Crippen LogP) is 4.46. The Hall–Kier alpha value is -2.47. The van der Waals surface area contributed by atoms with Gasteiger partial charge in [0.15, 0.2) is 0 Å². The van der Waals surface area contributed by atoms with Crippen molar-refractivity contribution in [1.29, 1.82) is 0 Å². The van der Waals surface area contributed by atoms with Gasteiger partial charge in [-0.3, -0.25) is 0 Å². The van der Waals surface area contributed by atoms with E-state index in [2.05, 4.69) is 5.32 Å². The van der Waals surface area contributed by atoms with Crippen molar-refractivity contribution in [2.24, 2.45) is 0 Å². The molecule has 0 saturated heterocycles. The van der Waals surface area contributed by atoms with Gasteiger partial charge in [0.05, 0.1) is 11.6 Å². The number of carbonyl (C=O) groups excluding carboxylic acids is 1. The molecule has 2 aromatic carbocycles. The van der Waals surface area contributed by atoms with Crippen LogP contribution in [-0.2, 0) is 4.74 Å². The highest BCUT2D eigenvalue weighted by Gasteiger charge is 2.40. The summed E-state index contributed by atoms with van der Waals surface area (Å²) in [7, 11) is 0. The standard InChI is InChI=1S/C22H23F2NO3/c23-20(24)19(12-22(27)10-5-11-22)25-21(26)28-13-18-16-8-3-1-6-14(16)15-7-2-4-9-17(15)18/h1-4,6-9,18-20,27H,5,10-13H2,(H,25,26). The van der Waals surface area contributed by atoms with Crippen molar-refractivity contribution in [2.45, 2.75) is 49.7 Å². The maximum absolute atomic E-state index is 13.3. The number of hydrogen-bond donors (Lipinski definition) is 2. The molecule has 4 rings (SSSR count). The van der Waals surface area contributed by atoms with Crippen LogP contribution in [-0.4, -0.2) is 35.9 Å². The van der Waals surface area contributed by atoms with Crippen molar-refractivity contribution >= 4 is 6.09 Å². The summed E-state index contributed by atoms with van der Waals surface area (Å²) in [6.07, 6.45) is -2.00. The topological polar surface area (TPSA) is 58.6 Å². The maximum Gasteiger partial charge on any atom is 0.407 e. The first-order valence-electron chi connectivity index (χ1n) is 9.59. The van der Waals surface area contributed by atoms with Crippen LogP contribution in [0.25, 0.3) is 11.1 Å². The Morgan fingerprint density at radius 1 is 1.11 bits per heavy atom. The summed E-state index contributed by atoms with van der Waals surface area (Å²) in [5.74, 6) is -0.126. The minimum atomic E-state index is -2.76. The van der Waals surface area contributed by atoms with Gasteiger partial charge in [-0.25, -0.2) is 13.6 Å². The molecule has 28 heavy (non-hydrogen) atoms. The molecule has 0 spiro atoms. The van der Waals surface area contributed by atoms with Crippen molar-refractivity contribution in [3.63, 3.8) is 0 Å². The lowest BCUT2D eigenvalue weighted by molar-refractivity contribution is -0.0627. The van der Waals surface area contributed by atoms with Gasteiger partial charge in [-0.15, -0.1) is 0 Å². The van der Waals surface area contributed by atoms with Crippen molar-refractivity contribution in [3.8, 4) is 11.1 Å². The molecule has 0 aliphatic heterocycles. The quantitative estimate of drug-likeness (QED) is 0.769. The number of fused-ring (bicyclic) bond motifs is 3. The molecule has 1 amide bonds. The number of rotatable bonds is 6. The zero-order chi connectivity index (χ0) is 19.7. The molecule has 6 heteroatoms. The van der Waals surface area contributed by atoms with Gasteiger partial charge in [0, 0.05) is 12.3 Å². The Morgan fingerprint density at radius 2 is 1.68 bits per heavy atom. The fourth-order valence-electron chi connectivity index (χ4n) is 4.19. The summed E-state index contributed by atoms with van der Waals surface area (Å²) in [4.78, 5) is 12.2. The van der Waals surface area contributed by atoms with Crippen LogP contribution in [0.5, 0.6) is 0 Å². The molecular formula is C22H23F2NO3. The molecular weight excluding hydrogens is 364 g/mol. The van der Waals surface area contributed by atoms with E-state index < -0.39 is 24.2 Å². The van der Waals surface area contributed by atoms with E-state index in [-0.39, 0.29) is 18.9 Å². The van der Waals surface area contributed by atoms with Gasteiger partial charge in [0.1, 0.15) is 6.61 Å². The molecule has 2 N–H and O–H groups in total. The minimum absolute atomic E-state index is 0.0695. The van der Waals surface area contributed by atoms with Crippen LogP contribution in [0, 0.1) is 0 Å². The number of alkyl carbamates (subject to hydrolysis) is 1. The van der Waals surface area contributed by atoms with Crippen molar-refractivity contribution in [3.05, 3.63) is 59.7 Å². The Bertz CT molecular complexity index is 821. The van der Waals surface area contributed by atoms with E-state index in [1.165, 1.54) is 0 Å². The monoisotopic (exact) mass is 387 g/mol. The summed E-state index contributed by atoms with van der Waals surface area (Å²) in [6, 6.07) is 14.4. The van der Waals surface area contributed by atoms with Crippen LogP contribution < -0.4 is 5.32 Å². The average molecular weight is 387 g/mol. The van der Waals surface area contributed by atoms with Gasteiger partial charge in [0.25, 0.3) is 6.43 Å². The fourth-order valence-corrected chi connectivity index (χ4v) is 4.19. The molecule has 1 unspecified atom stereocenters. The summed E-state index contributed by atoms with van der Waals surface area (Å²) >= 11 is 0. The summed E-state index contributed by atoms with van der Waals surface area (Å²) in [6.45, 7) is 0.0695. The van der Waals surface area contributed by atoms with E-state index in [9.17, 15) is 18.7 Å². The second-order valence-corrected chi connectivity index (χ2v) is 7.69. The first-order valence-corrected chi connectivity index (χ1v) is 9.59.